The molecule has 5 rings (SSSR count). The molecule has 4 bridgehead atoms. The lowest BCUT2D eigenvalue weighted by molar-refractivity contribution is -0.130. The summed E-state index contributed by atoms with van der Waals surface area (Å²) < 4.78 is 5.00. The Balaban J connectivity index is 1.33. The highest BCUT2D eigenvalue weighted by Gasteiger charge is 2.51. The average Bonchev–Trinajstić information content (AvgIpc) is 2.97. The number of carbonyl (C=O) groups excluding carboxylic acids is 2. The fourth-order valence-corrected chi connectivity index (χ4v) is 5.49. The van der Waals surface area contributed by atoms with Crippen molar-refractivity contribution in [2.45, 2.75) is 44.9 Å². The molecule has 0 unspecified atom stereocenters. The lowest BCUT2D eigenvalue weighted by atomic mass is 9.49. The third-order valence-electron chi connectivity index (χ3n) is 5.76. The Bertz CT molecular complexity index is 543. The zero-order valence-electron chi connectivity index (χ0n) is 12.6. The van der Waals surface area contributed by atoms with Gasteiger partial charge >= 0.3 is 5.91 Å². The molecular formula is C17H22N2O3. The Kier molecular flexibility index (Phi) is 3.24. The summed E-state index contributed by atoms with van der Waals surface area (Å²) in [5, 5.41) is 0. The maximum atomic E-state index is 12.2. The monoisotopic (exact) mass is 302 g/mol. The molecule has 0 radical (unpaired) electrons. The van der Waals surface area contributed by atoms with Gasteiger partial charge < -0.3 is 4.42 Å². The summed E-state index contributed by atoms with van der Waals surface area (Å²) in [6.45, 7) is 0. The van der Waals surface area contributed by atoms with Gasteiger partial charge in [-0.15, -0.1) is 0 Å². The molecule has 2 N–H and O–H groups in total. The molecule has 22 heavy (non-hydrogen) atoms. The van der Waals surface area contributed by atoms with Crippen LogP contribution in [0.4, 0.5) is 0 Å². The van der Waals surface area contributed by atoms with Gasteiger partial charge in [-0.2, -0.15) is 0 Å². The minimum atomic E-state index is -0.413. The summed E-state index contributed by atoms with van der Waals surface area (Å²) in [6, 6.07) is 3.22. The molecule has 0 atom stereocenters. The molecule has 1 aromatic heterocycles. The Morgan fingerprint density at radius 1 is 1.09 bits per heavy atom. The highest BCUT2D eigenvalue weighted by atomic mass is 16.3. The number of amides is 2. The molecule has 118 valence electrons. The maximum absolute atomic E-state index is 12.2. The van der Waals surface area contributed by atoms with Crippen molar-refractivity contribution < 1.29 is 14.0 Å². The molecule has 4 fully saturated rings. The average molecular weight is 302 g/mol. The van der Waals surface area contributed by atoms with E-state index in [2.05, 4.69) is 10.9 Å². The molecule has 4 aliphatic rings. The summed E-state index contributed by atoms with van der Waals surface area (Å²) in [6.07, 6.45) is 9.67. The van der Waals surface area contributed by atoms with Crippen LogP contribution in [0.25, 0.3) is 0 Å². The Hall–Kier alpha value is -1.78. The second kappa shape index (κ2) is 5.14. The van der Waals surface area contributed by atoms with Gasteiger partial charge in [-0.05, 0) is 73.8 Å². The summed E-state index contributed by atoms with van der Waals surface area (Å²) in [7, 11) is 0. The predicted octanol–water partition coefficient (Wildman–Crippen LogP) is 2.65. The van der Waals surface area contributed by atoms with E-state index >= 15 is 0 Å². The maximum Gasteiger partial charge on any atom is 0.305 e. The smallest absolute Gasteiger partial charge is 0.305 e. The van der Waals surface area contributed by atoms with Crippen LogP contribution in [0.15, 0.2) is 22.8 Å². The quantitative estimate of drug-likeness (QED) is 0.843. The third kappa shape index (κ3) is 2.53. The Labute approximate surface area is 129 Å². The van der Waals surface area contributed by atoms with Crippen LogP contribution in [0.2, 0.25) is 0 Å². The molecule has 0 spiro atoms. The number of carbonyl (C=O) groups is 2. The van der Waals surface area contributed by atoms with Gasteiger partial charge in [0.05, 0.1) is 6.26 Å². The van der Waals surface area contributed by atoms with Crippen molar-refractivity contribution in [1.82, 2.24) is 10.9 Å². The van der Waals surface area contributed by atoms with Crippen LogP contribution in [0.3, 0.4) is 0 Å². The van der Waals surface area contributed by atoms with Gasteiger partial charge in [0.2, 0.25) is 5.91 Å². The number of hydrazine groups is 1. The summed E-state index contributed by atoms with van der Waals surface area (Å²) in [5.41, 5.74) is 5.17. The van der Waals surface area contributed by atoms with Crippen LogP contribution in [0.1, 0.15) is 55.5 Å². The van der Waals surface area contributed by atoms with Crippen LogP contribution in [0.5, 0.6) is 0 Å². The van der Waals surface area contributed by atoms with Crippen molar-refractivity contribution >= 4 is 11.8 Å². The fourth-order valence-electron chi connectivity index (χ4n) is 5.49. The van der Waals surface area contributed by atoms with Crippen molar-refractivity contribution in [3.63, 3.8) is 0 Å². The normalized spacial score (nSPS) is 35.4. The zero-order valence-corrected chi connectivity index (χ0v) is 12.6. The SMILES string of the molecule is O=C(CC12CC3CC(CC(C3)C1)C2)NNC(=O)c1ccco1. The van der Waals surface area contributed by atoms with Gasteiger partial charge in [0.25, 0.3) is 0 Å². The van der Waals surface area contributed by atoms with E-state index in [1.54, 1.807) is 12.1 Å². The number of hydrogen-bond donors (Lipinski definition) is 2. The second-order valence-electron chi connectivity index (χ2n) is 7.57. The first kappa shape index (κ1) is 13.9. The molecule has 0 saturated heterocycles. The van der Waals surface area contributed by atoms with Crippen LogP contribution >= 0.6 is 0 Å². The van der Waals surface area contributed by atoms with Crippen molar-refractivity contribution in [2.24, 2.45) is 23.2 Å². The molecule has 2 amide bonds. The number of furan rings is 1. The van der Waals surface area contributed by atoms with Crippen LogP contribution in [-0.2, 0) is 4.79 Å². The van der Waals surface area contributed by atoms with E-state index in [9.17, 15) is 9.59 Å². The van der Waals surface area contributed by atoms with Crippen LogP contribution in [0, 0.1) is 23.2 Å². The molecule has 5 heteroatoms. The van der Waals surface area contributed by atoms with Gasteiger partial charge in [-0.3, -0.25) is 20.4 Å². The van der Waals surface area contributed by atoms with Crippen molar-refractivity contribution in [3.8, 4) is 0 Å². The standard InChI is InChI=1S/C17H22N2O3/c20-15(18-19-16(21)14-2-1-3-22-14)10-17-7-11-4-12(8-17)6-13(5-11)9-17/h1-3,11-13H,4-10H2,(H,18,20)(H,19,21). The first-order chi connectivity index (χ1) is 10.6. The van der Waals surface area contributed by atoms with Crippen LogP contribution in [-0.4, -0.2) is 11.8 Å². The van der Waals surface area contributed by atoms with Crippen molar-refractivity contribution in [1.29, 1.82) is 0 Å². The van der Waals surface area contributed by atoms with E-state index in [1.807, 2.05) is 0 Å². The first-order valence-corrected chi connectivity index (χ1v) is 8.25. The molecule has 1 heterocycles. The highest BCUT2D eigenvalue weighted by Crippen LogP contribution is 2.61. The van der Waals surface area contributed by atoms with Crippen LogP contribution < -0.4 is 10.9 Å². The molecule has 4 saturated carbocycles. The topological polar surface area (TPSA) is 71.3 Å². The fraction of sp³-hybridized carbons (Fsp3) is 0.647. The van der Waals surface area contributed by atoms with E-state index in [1.165, 1.54) is 44.8 Å². The second-order valence-corrected chi connectivity index (χ2v) is 7.57. The number of rotatable bonds is 3. The molecule has 1 aromatic rings. The molecular weight excluding hydrogens is 280 g/mol. The lowest BCUT2D eigenvalue weighted by Gasteiger charge is -2.56. The zero-order chi connectivity index (χ0) is 15.2. The van der Waals surface area contributed by atoms with Crippen molar-refractivity contribution in [2.75, 3.05) is 0 Å². The van der Waals surface area contributed by atoms with Crippen molar-refractivity contribution in [3.05, 3.63) is 24.2 Å². The van der Waals surface area contributed by atoms with Gasteiger partial charge in [-0.25, -0.2) is 0 Å². The highest BCUT2D eigenvalue weighted by molar-refractivity contribution is 5.92. The lowest BCUT2D eigenvalue weighted by Crippen LogP contribution is -2.50. The summed E-state index contributed by atoms with van der Waals surface area (Å²) >= 11 is 0. The Morgan fingerprint density at radius 3 is 2.27 bits per heavy atom. The van der Waals surface area contributed by atoms with E-state index in [0.29, 0.717) is 6.42 Å². The molecule has 0 aliphatic heterocycles. The number of hydrogen-bond acceptors (Lipinski definition) is 3. The van der Waals surface area contributed by atoms with Gasteiger partial charge in [0.15, 0.2) is 5.76 Å². The predicted molar refractivity (Wildman–Crippen MR) is 79.5 cm³/mol. The molecule has 4 aliphatic carbocycles. The molecule has 0 aromatic carbocycles. The summed E-state index contributed by atoms with van der Waals surface area (Å²) in [5.74, 6) is 2.20. The van der Waals surface area contributed by atoms with Gasteiger partial charge in [0.1, 0.15) is 0 Å². The summed E-state index contributed by atoms with van der Waals surface area (Å²) in [4.78, 5) is 24.0. The molecule has 5 nitrogen and oxygen atoms in total. The largest absolute Gasteiger partial charge is 0.459 e. The minimum Gasteiger partial charge on any atom is -0.459 e. The van der Waals surface area contributed by atoms with Gasteiger partial charge in [-0.1, -0.05) is 0 Å². The van der Waals surface area contributed by atoms with Gasteiger partial charge in [0, 0.05) is 6.42 Å². The van der Waals surface area contributed by atoms with E-state index < -0.39 is 5.91 Å². The number of nitrogens with one attached hydrogen (secondary N) is 2. The first-order valence-electron chi connectivity index (χ1n) is 8.25. The van der Waals surface area contributed by atoms with E-state index in [4.69, 9.17) is 4.42 Å². The Morgan fingerprint density at radius 2 is 1.73 bits per heavy atom. The van der Waals surface area contributed by atoms with E-state index in [-0.39, 0.29) is 17.1 Å². The minimum absolute atomic E-state index is 0.0816. The third-order valence-corrected chi connectivity index (χ3v) is 5.76. The van der Waals surface area contributed by atoms with E-state index in [0.717, 1.165) is 17.8 Å².